The van der Waals surface area contributed by atoms with E-state index in [9.17, 15) is 9.59 Å². The molecule has 5 nitrogen and oxygen atoms in total. The molecule has 7 heteroatoms. The third-order valence-corrected chi connectivity index (χ3v) is 5.03. The number of carbonyl (C=O) groups is 2. The first-order chi connectivity index (χ1) is 12.5. The van der Waals surface area contributed by atoms with Crippen LogP contribution in [0.5, 0.6) is 5.75 Å². The number of nitrogens with zero attached hydrogens (tertiary/aromatic N) is 1. The van der Waals surface area contributed by atoms with Crippen LogP contribution in [0.4, 0.5) is 5.69 Å². The molecule has 1 atom stereocenters. The van der Waals surface area contributed by atoms with E-state index in [1.165, 1.54) is 11.8 Å². The second kappa shape index (κ2) is 8.38. The number of halogens is 1. The minimum Gasteiger partial charge on any atom is -0.494 e. The Morgan fingerprint density at radius 3 is 2.54 bits per heavy atom. The van der Waals surface area contributed by atoms with E-state index in [0.29, 0.717) is 28.0 Å². The number of nitrogens with one attached hydrogen (secondary N) is 1. The Kier molecular flexibility index (Phi) is 5.96. The van der Waals surface area contributed by atoms with E-state index in [2.05, 4.69) is 10.3 Å². The average Bonchev–Trinajstić information content (AvgIpc) is 2.96. The van der Waals surface area contributed by atoms with E-state index >= 15 is 0 Å². The van der Waals surface area contributed by atoms with Crippen LogP contribution in [0.1, 0.15) is 23.7 Å². The third-order valence-electron chi connectivity index (χ3n) is 3.69. The van der Waals surface area contributed by atoms with Crippen molar-refractivity contribution in [3.05, 3.63) is 59.1 Å². The Labute approximate surface area is 160 Å². The molecule has 1 N–H and O–H groups in total. The monoisotopic (exact) mass is 388 g/mol. The molecule has 0 radical (unpaired) electrons. The van der Waals surface area contributed by atoms with Gasteiger partial charge in [0.15, 0.2) is 11.0 Å². The maximum Gasteiger partial charge on any atom is 0.240 e. The number of carbonyl (C=O) groups excluding carboxylic acids is 2. The predicted octanol–water partition coefficient (Wildman–Crippen LogP) is 4.23. The molecular formula is C19H17ClN2O3S. The highest BCUT2D eigenvalue weighted by Gasteiger charge is 2.32. The third kappa shape index (κ3) is 4.65. The van der Waals surface area contributed by atoms with Gasteiger partial charge < -0.3 is 10.1 Å². The predicted molar refractivity (Wildman–Crippen MR) is 105 cm³/mol. The highest BCUT2D eigenvalue weighted by Crippen LogP contribution is 2.27. The van der Waals surface area contributed by atoms with Gasteiger partial charge in [0.05, 0.1) is 17.5 Å². The smallest absolute Gasteiger partial charge is 0.240 e. The van der Waals surface area contributed by atoms with E-state index in [0.717, 1.165) is 5.75 Å². The molecule has 2 aromatic carbocycles. The molecular weight excluding hydrogens is 372 g/mol. The molecule has 0 spiro atoms. The summed E-state index contributed by atoms with van der Waals surface area (Å²) in [7, 11) is 0. The zero-order valence-electron chi connectivity index (χ0n) is 14.1. The van der Waals surface area contributed by atoms with Crippen LogP contribution >= 0.6 is 23.4 Å². The molecule has 0 unspecified atom stereocenters. The van der Waals surface area contributed by atoms with Gasteiger partial charge in [-0.1, -0.05) is 23.4 Å². The summed E-state index contributed by atoms with van der Waals surface area (Å²) in [5.74, 6) is 0.463. The number of hydrogen-bond donors (Lipinski definition) is 1. The number of rotatable bonds is 6. The van der Waals surface area contributed by atoms with Gasteiger partial charge in [-0.3, -0.25) is 9.59 Å². The lowest BCUT2D eigenvalue weighted by atomic mass is 10.1. The lowest BCUT2D eigenvalue weighted by Gasteiger charge is -2.04. The van der Waals surface area contributed by atoms with Crippen molar-refractivity contribution in [2.24, 2.45) is 4.99 Å². The Bertz CT molecular complexity index is 835. The van der Waals surface area contributed by atoms with Crippen LogP contribution in [0, 0.1) is 0 Å². The summed E-state index contributed by atoms with van der Waals surface area (Å²) in [5.41, 5.74) is 1.25. The maximum atomic E-state index is 12.3. The van der Waals surface area contributed by atoms with Gasteiger partial charge in [0, 0.05) is 17.0 Å². The van der Waals surface area contributed by atoms with Crippen LogP contribution in [0.2, 0.25) is 5.02 Å². The van der Waals surface area contributed by atoms with Crippen molar-refractivity contribution in [1.29, 1.82) is 0 Å². The lowest BCUT2D eigenvalue weighted by Crippen LogP contribution is -2.26. The SMILES string of the molecule is CCOc1ccc(N=C2NC(=O)[C@@H](CC(=O)c3ccc(Cl)cc3)S2)cc1. The Morgan fingerprint density at radius 2 is 1.88 bits per heavy atom. The van der Waals surface area contributed by atoms with Gasteiger partial charge in [-0.15, -0.1) is 0 Å². The Morgan fingerprint density at radius 1 is 1.19 bits per heavy atom. The van der Waals surface area contributed by atoms with Gasteiger partial charge in [-0.05, 0) is 55.5 Å². The van der Waals surface area contributed by atoms with Crippen molar-refractivity contribution >= 4 is 45.9 Å². The standard InChI is InChI=1S/C19H17ClN2O3S/c1-2-25-15-9-7-14(8-10-15)21-19-22-18(24)17(26-19)11-16(23)12-3-5-13(20)6-4-12/h3-10,17H,2,11H2,1H3,(H,21,22,24)/t17-/m1/s1. The molecule has 0 aromatic heterocycles. The zero-order chi connectivity index (χ0) is 18.5. The summed E-state index contributed by atoms with van der Waals surface area (Å²) < 4.78 is 5.39. The fraction of sp³-hybridized carbons (Fsp3) is 0.211. The molecule has 1 amide bonds. The first-order valence-electron chi connectivity index (χ1n) is 8.13. The first kappa shape index (κ1) is 18.5. The van der Waals surface area contributed by atoms with E-state index in [4.69, 9.17) is 16.3 Å². The van der Waals surface area contributed by atoms with Gasteiger partial charge in [0.25, 0.3) is 0 Å². The van der Waals surface area contributed by atoms with E-state index in [1.54, 1.807) is 24.3 Å². The number of aliphatic imine (C=N–C) groups is 1. The highest BCUT2D eigenvalue weighted by atomic mass is 35.5. The summed E-state index contributed by atoms with van der Waals surface area (Å²) >= 11 is 7.10. The molecule has 1 aliphatic rings. The number of ketones is 1. The average molecular weight is 389 g/mol. The number of ether oxygens (including phenoxy) is 1. The van der Waals surface area contributed by atoms with E-state index in [-0.39, 0.29) is 18.1 Å². The second-order valence-electron chi connectivity index (χ2n) is 5.57. The normalized spacial score (nSPS) is 18.0. The molecule has 1 heterocycles. The minimum absolute atomic E-state index is 0.100. The summed E-state index contributed by atoms with van der Waals surface area (Å²) in [4.78, 5) is 28.9. The molecule has 3 rings (SSSR count). The largest absolute Gasteiger partial charge is 0.494 e. The van der Waals surface area contributed by atoms with Gasteiger partial charge in [-0.25, -0.2) is 4.99 Å². The molecule has 2 aromatic rings. The van der Waals surface area contributed by atoms with Crippen molar-refractivity contribution in [2.45, 2.75) is 18.6 Å². The maximum absolute atomic E-state index is 12.3. The number of benzene rings is 2. The second-order valence-corrected chi connectivity index (χ2v) is 7.20. The number of thioether (sulfide) groups is 1. The zero-order valence-corrected chi connectivity index (χ0v) is 15.6. The molecule has 26 heavy (non-hydrogen) atoms. The molecule has 1 aliphatic heterocycles. The van der Waals surface area contributed by atoms with Crippen LogP contribution in [0.25, 0.3) is 0 Å². The first-order valence-corrected chi connectivity index (χ1v) is 9.39. The van der Waals surface area contributed by atoms with E-state index in [1.807, 2.05) is 31.2 Å². The summed E-state index contributed by atoms with van der Waals surface area (Å²) in [5, 5.41) is 3.30. The molecule has 0 bridgehead atoms. The van der Waals surface area contributed by atoms with Gasteiger partial charge in [0.1, 0.15) is 5.75 Å². The van der Waals surface area contributed by atoms with Crippen LogP contribution < -0.4 is 10.1 Å². The van der Waals surface area contributed by atoms with Crippen LogP contribution in [0.3, 0.4) is 0 Å². The van der Waals surface area contributed by atoms with Crippen LogP contribution in [-0.4, -0.2) is 28.7 Å². The molecule has 134 valence electrons. The van der Waals surface area contributed by atoms with E-state index < -0.39 is 5.25 Å². The number of amidine groups is 1. The van der Waals surface area contributed by atoms with Crippen LogP contribution in [-0.2, 0) is 4.79 Å². The molecule has 0 saturated carbocycles. The van der Waals surface area contributed by atoms with Gasteiger partial charge >= 0.3 is 0 Å². The summed E-state index contributed by atoms with van der Waals surface area (Å²) in [6.07, 6.45) is 0.112. The topological polar surface area (TPSA) is 67.8 Å². The Balaban J connectivity index is 1.64. The Hall–Kier alpha value is -2.31. The van der Waals surface area contributed by atoms with Gasteiger partial charge in [0.2, 0.25) is 5.91 Å². The quantitative estimate of drug-likeness (QED) is 0.752. The van der Waals surface area contributed by atoms with Crippen molar-refractivity contribution in [1.82, 2.24) is 5.32 Å². The van der Waals surface area contributed by atoms with Crippen molar-refractivity contribution in [2.75, 3.05) is 6.61 Å². The summed E-state index contributed by atoms with van der Waals surface area (Å²) in [6.45, 7) is 2.52. The number of amides is 1. The van der Waals surface area contributed by atoms with Crippen molar-refractivity contribution in [3.63, 3.8) is 0 Å². The fourth-order valence-electron chi connectivity index (χ4n) is 2.42. The highest BCUT2D eigenvalue weighted by molar-refractivity contribution is 8.15. The minimum atomic E-state index is -0.486. The van der Waals surface area contributed by atoms with Crippen molar-refractivity contribution < 1.29 is 14.3 Å². The molecule has 1 saturated heterocycles. The number of hydrogen-bond acceptors (Lipinski definition) is 5. The fourth-order valence-corrected chi connectivity index (χ4v) is 3.53. The van der Waals surface area contributed by atoms with Crippen LogP contribution in [0.15, 0.2) is 53.5 Å². The van der Waals surface area contributed by atoms with Crippen molar-refractivity contribution in [3.8, 4) is 5.75 Å². The lowest BCUT2D eigenvalue weighted by molar-refractivity contribution is -0.118. The summed E-state index contributed by atoms with van der Waals surface area (Å²) in [6, 6.07) is 13.9. The molecule has 1 fully saturated rings. The van der Waals surface area contributed by atoms with Gasteiger partial charge in [-0.2, -0.15) is 0 Å². The number of Topliss-reactive ketones (excluding diaryl/α,β-unsaturated/α-hetero) is 1. The molecule has 0 aliphatic carbocycles.